The van der Waals surface area contributed by atoms with Crippen molar-refractivity contribution >= 4 is 32.3 Å². The molecule has 0 nitrogen and oxygen atoms in total. The van der Waals surface area contributed by atoms with Crippen LogP contribution in [-0.2, 0) is 0 Å². The fourth-order valence-electron chi connectivity index (χ4n) is 6.15. The normalized spacial score (nSPS) is 15.1. The predicted molar refractivity (Wildman–Crippen MR) is 208 cm³/mol. The van der Waals surface area contributed by atoms with Crippen LogP contribution in [0.2, 0.25) is 0 Å². The molecule has 0 aliphatic heterocycles. The Bertz CT molecular complexity index is 1630. The van der Waals surface area contributed by atoms with Gasteiger partial charge in [-0.2, -0.15) is 0 Å². The Labute approximate surface area is 297 Å². The van der Waals surface area contributed by atoms with Gasteiger partial charge in [0.2, 0.25) is 0 Å². The first-order valence-electron chi connectivity index (χ1n) is 16.4. The number of benzene rings is 6. The predicted octanol–water partition coefficient (Wildman–Crippen LogP) is 4.21. The summed E-state index contributed by atoms with van der Waals surface area (Å²) in [6, 6.07) is 68.1. The molecule has 0 saturated carbocycles. The van der Waals surface area contributed by atoms with E-state index in [1.807, 2.05) is 0 Å². The Balaban J connectivity index is 1.40. The second kappa shape index (κ2) is 17.2. The summed E-state index contributed by atoms with van der Waals surface area (Å²) >= 11 is -5.76. The fraction of sp³-hybridized carbons (Fsp3) is 0.0909. The van der Waals surface area contributed by atoms with Crippen molar-refractivity contribution in [1.82, 2.24) is 0 Å². The van der Waals surface area contributed by atoms with E-state index in [9.17, 15) is 0 Å². The van der Waals surface area contributed by atoms with Crippen LogP contribution in [0, 0.1) is 7.14 Å². The van der Waals surface area contributed by atoms with Crippen LogP contribution in [-0.4, -0.2) is 8.86 Å². The van der Waals surface area contributed by atoms with Gasteiger partial charge >= 0.3 is 300 Å². The summed E-state index contributed by atoms with van der Waals surface area (Å²) in [5.74, 6) is 0. The fourth-order valence-corrected chi connectivity index (χ4v) is 48.2. The van der Waals surface area contributed by atoms with Crippen molar-refractivity contribution in [2.45, 2.75) is 12.8 Å². The van der Waals surface area contributed by atoms with Gasteiger partial charge in [-0.05, 0) is 0 Å². The van der Waals surface area contributed by atoms with Gasteiger partial charge in [-0.3, -0.25) is 0 Å². The van der Waals surface area contributed by atoms with E-state index in [4.69, 9.17) is 0 Å². The molecule has 0 aliphatic rings. The molecule has 2 atom stereocenters. The molecule has 0 aromatic heterocycles. The van der Waals surface area contributed by atoms with Crippen LogP contribution in [0.15, 0.2) is 203 Å². The van der Waals surface area contributed by atoms with Gasteiger partial charge in [0.15, 0.2) is 0 Å². The Morgan fingerprint density at radius 2 is 0.583 bits per heavy atom. The maximum atomic E-state index is 4.67. The molecule has 0 fully saturated rings. The van der Waals surface area contributed by atoms with E-state index in [-0.39, 0.29) is 0 Å². The maximum absolute atomic E-state index is 4.67. The minimum atomic E-state index is -2.88. The Morgan fingerprint density at radius 1 is 0.354 bits per heavy atom. The first-order chi connectivity index (χ1) is 23.7. The minimum absolute atomic E-state index is 0.591. The van der Waals surface area contributed by atoms with E-state index in [0.29, 0.717) is 0 Å². The van der Waals surface area contributed by atoms with E-state index in [0.717, 1.165) is 0 Å². The number of unbranched alkanes of at least 4 members (excludes halogenated alkanes) is 1. The topological polar surface area (TPSA) is 0 Å². The van der Waals surface area contributed by atoms with Gasteiger partial charge in [-0.1, -0.05) is 0 Å². The Morgan fingerprint density at radius 3 is 0.812 bits per heavy atom. The first kappa shape index (κ1) is 35.0. The summed E-state index contributed by atoms with van der Waals surface area (Å²) in [5, 5.41) is 5.88. The number of alkyl halides is 2. The van der Waals surface area contributed by atoms with Crippen molar-refractivity contribution in [1.29, 1.82) is 0 Å². The van der Waals surface area contributed by atoms with Crippen molar-refractivity contribution in [3.63, 3.8) is 0 Å². The third-order valence-corrected chi connectivity index (χ3v) is 49.8. The molecule has 48 heavy (non-hydrogen) atoms. The zero-order chi connectivity index (χ0) is 33.1. The third-order valence-electron chi connectivity index (χ3n) is 8.36. The number of hydrogen-bond donors (Lipinski definition) is 0. The van der Waals surface area contributed by atoms with Crippen molar-refractivity contribution in [2.24, 2.45) is 0 Å². The second-order valence-electron chi connectivity index (χ2n) is 11.3. The average molecular weight is 889 g/mol. The molecule has 0 amide bonds. The van der Waals surface area contributed by atoms with Crippen LogP contribution >= 0.6 is 11.1 Å². The second-order valence-corrected chi connectivity index (χ2v) is 42.7. The van der Waals surface area contributed by atoms with Crippen molar-refractivity contribution in [3.8, 4) is 0 Å². The van der Waals surface area contributed by atoms with Crippen LogP contribution in [0.1, 0.15) is 12.8 Å². The van der Waals surface area contributed by atoms with E-state index in [1.54, 1.807) is 0 Å². The van der Waals surface area contributed by atoms with Crippen molar-refractivity contribution in [2.75, 3.05) is 8.86 Å². The van der Waals surface area contributed by atoms with Crippen LogP contribution in [0.4, 0.5) is 0 Å². The van der Waals surface area contributed by atoms with Gasteiger partial charge in [-0.15, -0.1) is 0 Å². The average Bonchev–Trinajstić information content (AvgIpc) is 3.17. The Hall–Kier alpha value is -2.88. The van der Waals surface area contributed by atoms with Crippen LogP contribution < -0.4 is 57.0 Å². The number of rotatable bonds is 15. The molecule has 0 N–H and O–H groups in total. The molecule has 246 valence electrons. The molecule has 0 bridgehead atoms. The van der Waals surface area contributed by atoms with Crippen LogP contribution in [0.3, 0.4) is 0 Å². The van der Waals surface area contributed by atoms with Gasteiger partial charge in [0.25, 0.3) is 0 Å². The summed E-state index contributed by atoms with van der Waals surface area (Å²) in [5.41, 5.74) is -1.18. The van der Waals surface area contributed by atoms with E-state index < -0.39 is 46.9 Å². The molecular weight excluding hydrogens is 844 g/mol. The molecule has 0 spiro atoms. The monoisotopic (exact) mass is 888 g/mol. The standard InChI is InChI=1S/C44H44I2P2/c1-3-45(39-25-11-5-12-26-39,47(41-29-15-7-16-30-41)42-31-17-8-18-32-42)37-23-24-38-46(4-2,40-27-13-6-14-28-40)48(43-33-19-9-20-34-43)44-35-21-10-22-36-44/h3-22,25-36H,1-2,23-24,37-38H2/q-2. The zero-order valence-electron chi connectivity index (χ0n) is 27.4. The van der Waals surface area contributed by atoms with E-state index in [2.05, 4.69) is 203 Å². The molecule has 0 saturated heterocycles. The summed E-state index contributed by atoms with van der Waals surface area (Å²) in [6.45, 7) is 9.35. The first-order valence-corrected chi connectivity index (χ1v) is 32.3. The van der Waals surface area contributed by atoms with Crippen LogP contribution in [0.5, 0.6) is 0 Å². The molecular formula is C44H44I2P2-2. The molecule has 6 aromatic rings. The van der Waals surface area contributed by atoms with Gasteiger partial charge in [0, 0.05) is 0 Å². The zero-order valence-corrected chi connectivity index (χ0v) is 33.5. The van der Waals surface area contributed by atoms with Crippen molar-refractivity contribution < 1.29 is 35.8 Å². The molecule has 2 unspecified atom stereocenters. The summed E-state index contributed by atoms with van der Waals surface area (Å²) < 4.78 is 10.4. The summed E-state index contributed by atoms with van der Waals surface area (Å²) in [4.78, 5) is 0. The van der Waals surface area contributed by atoms with E-state index in [1.165, 1.54) is 50.1 Å². The van der Waals surface area contributed by atoms with Gasteiger partial charge in [0.1, 0.15) is 0 Å². The van der Waals surface area contributed by atoms with Crippen LogP contribution in [0.25, 0.3) is 0 Å². The molecule has 6 rings (SSSR count). The van der Waals surface area contributed by atoms with Gasteiger partial charge in [0.05, 0.1) is 0 Å². The molecule has 4 heteroatoms. The van der Waals surface area contributed by atoms with E-state index >= 15 is 0 Å². The summed E-state index contributed by atoms with van der Waals surface area (Å²) in [7, 11) is 0. The summed E-state index contributed by atoms with van der Waals surface area (Å²) in [6.07, 6.45) is 2.38. The van der Waals surface area contributed by atoms with Crippen molar-refractivity contribution in [3.05, 3.63) is 210 Å². The molecule has 0 radical (unpaired) electrons. The number of hydrogen-bond acceptors (Lipinski definition) is 0. The van der Waals surface area contributed by atoms with Gasteiger partial charge in [-0.25, -0.2) is 0 Å². The Kier molecular flexibility index (Phi) is 12.5. The quantitative estimate of drug-likeness (QED) is 0.0629. The molecule has 0 heterocycles. The number of halogens is 2. The third kappa shape index (κ3) is 7.63. The SMILES string of the molecule is C=C[I-](CCCC[I-](C=C)(c1ccccc1)P(c1ccccc1)c1ccccc1)(c1ccccc1)P(c1ccccc1)c1ccccc1. The molecule has 6 aromatic carbocycles. The van der Waals surface area contributed by atoms with Gasteiger partial charge < -0.3 is 0 Å². The molecule has 0 aliphatic carbocycles.